The number of carbonyl (C=O) groups is 1. The molecule has 0 spiro atoms. The smallest absolute Gasteiger partial charge is 0.405 e. The third-order valence-corrected chi connectivity index (χ3v) is 2.51. The van der Waals surface area contributed by atoms with Crippen molar-refractivity contribution >= 4 is 22.0 Å². The molecule has 1 amide bonds. The Labute approximate surface area is 73.6 Å². The third-order valence-electron chi connectivity index (χ3n) is 1.68. The zero-order valence-electron chi connectivity index (χ0n) is 5.96. The first kappa shape index (κ1) is 8.59. The second-order valence-electron chi connectivity index (χ2n) is 2.59. The number of hydrogen-bond acceptors (Lipinski definition) is 1. The predicted octanol–water partition coefficient (Wildman–Crippen LogP) is 1.59. The van der Waals surface area contributed by atoms with Crippen molar-refractivity contribution in [2.45, 2.75) is 12.5 Å². The average Bonchev–Trinajstić information content (AvgIpc) is 2.34. The van der Waals surface area contributed by atoms with Crippen LogP contribution in [0.2, 0.25) is 0 Å². The van der Waals surface area contributed by atoms with Gasteiger partial charge in [-0.1, -0.05) is 28.1 Å². The molecule has 4 heteroatoms. The molecule has 11 heavy (non-hydrogen) atoms. The number of carboxylic acid groups (broad SMARTS) is 1. The van der Waals surface area contributed by atoms with Crippen LogP contribution in [0.3, 0.4) is 0 Å². The molecule has 0 aromatic carbocycles. The topological polar surface area (TPSA) is 49.3 Å². The van der Waals surface area contributed by atoms with Crippen molar-refractivity contribution in [2.24, 2.45) is 5.92 Å². The van der Waals surface area contributed by atoms with E-state index in [4.69, 9.17) is 5.11 Å². The summed E-state index contributed by atoms with van der Waals surface area (Å²) < 4.78 is 0. The van der Waals surface area contributed by atoms with Crippen molar-refractivity contribution in [1.29, 1.82) is 0 Å². The lowest BCUT2D eigenvalue weighted by Crippen LogP contribution is -2.31. The van der Waals surface area contributed by atoms with Crippen LogP contribution in [0.1, 0.15) is 6.42 Å². The fraction of sp³-hybridized carbons (Fsp3) is 0.571. The highest BCUT2D eigenvalue weighted by molar-refractivity contribution is 9.09. The fourth-order valence-electron chi connectivity index (χ4n) is 1.15. The standard InChI is InChI=1S/C7H10BrNO2/c8-4-5-1-2-6(3-5)9-7(10)11/h1-2,5-6,9H,3-4H2,(H,10,11). The Morgan fingerprint density at radius 3 is 2.91 bits per heavy atom. The van der Waals surface area contributed by atoms with Gasteiger partial charge in [-0.2, -0.15) is 0 Å². The normalized spacial score (nSPS) is 28.8. The van der Waals surface area contributed by atoms with E-state index < -0.39 is 6.09 Å². The summed E-state index contributed by atoms with van der Waals surface area (Å²) in [7, 11) is 0. The first-order valence-corrected chi connectivity index (χ1v) is 4.58. The van der Waals surface area contributed by atoms with Crippen LogP contribution in [0, 0.1) is 5.92 Å². The van der Waals surface area contributed by atoms with Gasteiger partial charge in [0, 0.05) is 5.33 Å². The van der Waals surface area contributed by atoms with E-state index in [0.29, 0.717) is 5.92 Å². The molecule has 0 saturated carbocycles. The Bertz CT molecular complexity index is 181. The fourth-order valence-corrected chi connectivity index (χ4v) is 1.63. The third kappa shape index (κ3) is 2.54. The predicted molar refractivity (Wildman–Crippen MR) is 46.0 cm³/mol. The molecule has 1 rings (SSSR count). The van der Waals surface area contributed by atoms with Crippen molar-refractivity contribution in [3.8, 4) is 0 Å². The largest absolute Gasteiger partial charge is 0.465 e. The molecule has 2 N–H and O–H groups in total. The first-order chi connectivity index (χ1) is 5.22. The minimum Gasteiger partial charge on any atom is -0.465 e. The summed E-state index contributed by atoms with van der Waals surface area (Å²) in [5.41, 5.74) is 0. The van der Waals surface area contributed by atoms with Crippen molar-refractivity contribution < 1.29 is 9.90 Å². The van der Waals surface area contributed by atoms with Crippen LogP contribution in [-0.2, 0) is 0 Å². The Hall–Kier alpha value is -0.510. The summed E-state index contributed by atoms with van der Waals surface area (Å²) in [6.07, 6.45) is 3.86. The number of halogens is 1. The highest BCUT2D eigenvalue weighted by atomic mass is 79.9. The molecular formula is C7H10BrNO2. The van der Waals surface area contributed by atoms with Gasteiger partial charge in [-0.25, -0.2) is 4.79 Å². The lowest BCUT2D eigenvalue weighted by Gasteiger charge is -2.08. The van der Waals surface area contributed by atoms with Crippen LogP contribution in [0.15, 0.2) is 12.2 Å². The van der Waals surface area contributed by atoms with Gasteiger partial charge in [0.05, 0.1) is 6.04 Å². The maximum absolute atomic E-state index is 10.2. The van der Waals surface area contributed by atoms with Gasteiger partial charge in [-0.3, -0.25) is 0 Å². The zero-order valence-corrected chi connectivity index (χ0v) is 7.54. The zero-order chi connectivity index (χ0) is 8.27. The number of rotatable bonds is 2. The molecule has 0 bridgehead atoms. The van der Waals surface area contributed by atoms with E-state index in [1.54, 1.807) is 0 Å². The lowest BCUT2D eigenvalue weighted by molar-refractivity contribution is 0.191. The van der Waals surface area contributed by atoms with E-state index >= 15 is 0 Å². The molecule has 0 heterocycles. The van der Waals surface area contributed by atoms with Gasteiger partial charge in [0.15, 0.2) is 0 Å². The summed E-state index contributed by atoms with van der Waals surface area (Å²) in [5.74, 6) is 0.479. The van der Waals surface area contributed by atoms with Gasteiger partial charge in [0.2, 0.25) is 0 Å². The molecule has 62 valence electrons. The number of nitrogens with one attached hydrogen (secondary N) is 1. The molecule has 0 aromatic heterocycles. The maximum Gasteiger partial charge on any atom is 0.405 e. The first-order valence-electron chi connectivity index (χ1n) is 3.46. The summed E-state index contributed by atoms with van der Waals surface area (Å²) in [6.45, 7) is 0. The van der Waals surface area contributed by atoms with Gasteiger partial charge in [0.25, 0.3) is 0 Å². The average molecular weight is 220 g/mol. The quantitative estimate of drug-likeness (QED) is 0.548. The van der Waals surface area contributed by atoms with E-state index in [2.05, 4.69) is 21.2 Å². The molecule has 1 aliphatic rings. The molecule has 1 aliphatic carbocycles. The van der Waals surface area contributed by atoms with E-state index in [0.717, 1.165) is 11.8 Å². The van der Waals surface area contributed by atoms with Crippen molar-refractivity contribution in [3.63, 3.8) is 0 Å². The minimum absolute atomic E-state index is 0.00931. The van der Waals surface area contributed by atoms with Crippen LogP contribution in [0.25, 0.3) is 0 Å². The highest BCUT2D eigenvalue weighted by Gasteiger charge is 2.18. The molecule has 3 nitrogen and oxygen atoms in total. The molecule has 0 aliphatic heterocycles. The monoisotopic (exact) mass is 219 g/mol. The number of allylic oxidation sites excluding steroid dienone is 1. The molecule has 0 saturated heterocycles. The van der Waals surface area contributed by atoms with Crippen molar-refractivity contribution in [2.75, 3.05) is 5.33 Å². The number of hydrogen-bond donors (Lipinski definition) is 2. The highest BCUT2D eigenvalue weighted by Crippen LogP contribution is 2.19. The van der Waals surface area contributed by atoms with Gasteiger partial charge < -0.3 is 10.4 Å². The van der Waals surface area contributed by atoms with Gasteiger partial charge in [0.1, 0.15) is 0 Å². The molecule has 2 atom stereocenters. The van der Waals surface area contributed by atoms with E-state index in [1.807, 2.05) is 12.2 Å². The van der Waals surface area contributed by atoms with Gasteiger partial charge in [-0.05, 0) is 12.3 Å². The van der Waals surface area contributed by atoms with Crippen molar-refractivity contribution in [1.82, 2.24) is 5.32 Å². The molecule has 2 unspecified atom stereocenters. The Kier molecular flexibility index (Phi) is 2.93. The van der Waals surface area contributed by atoms with Crippen LogP contribution in [0.4, 0.5) is 4.79 Å². The molecule has 0 aromatic rings. The van der Waals surface area contributed by atoms with Crippen LogP contribution in [0.5, 0.6) is 0 Å². The summed E-state index contributed by atoms with van der Waals surface area (Å²) in [4.78, 5) is 10.2. The summed E-state index contributed by atoms with van der Waals surface area (Å²) in [5, 5.41) is 11.7. The second-order valence-corrected chi connectivity index (χ2v) is 3.24. The molecule has 0 fully saturated rings. The van der Waals surface area contributed by atoms with Crippen LogP contribution < -0.4 is 5.32 Å². The Morgan fingerprint density at radius 2 is 2.45 bits per heavy atom. The van der Waals surface area contributed by atoms with E-state index in [-0.39, 0.29) is 6.04 Å². The van der Waals surface area contributed by atoms with Crippen molar-refractivity contribution in [3.05, 3.63) is 12.2 Å². The Morgan fingerprint density at radius 1 is 1.73 bits per heavy atom. The Balaban J connectivity index is 2.32. The maximum atomic E-state index is 10.2. The van der Waals surface area contributed by atoms with Gasteiger partial charge in [-0.15, -0.1) is 0 Å². The van der Waals surface area contributed by atoms with E-state index in [1.165, 1.54) is 0 Å². The van der Waals surface area contributed by atoms with Crippen LogP contribution in [-0.4, -0.2) is 22.6 Å². The number of amides is 1. The minimum atomic E-state index is -0.949. The molecule has 0 radical (unpaired) electrons. The van der Waals surface area contributed by atoms with Crippen LogP contribution >= 0.6 is 15.9 Å². The van der Waals surface area contributed by atoms with E-state index in [9.17, 15) is 4.79 Å². The summed E-state index contributed by atoms with van der Waals surface area (Å²) in [6, 6.07) is 0.00931. The number of alkyl halides is 1. The molecular weight excluding hydrogens is 210 g/mol. The lowest BCUT2D eigenvalue weighted by atomic mass is 10.1. The SMILES string of the molecule is O=C(O)NC1C=CC(CBr)C1. The summed E-state index contributed by atoms with van der Waals surface area (Å²) >= 11 is 3.34. The van der Waals surface area contributed by atoms with Gasteiger partial charge >= 0.3 is 6.09 Å². The second kappa shape index (κ2) is 3.76.